The molecule has 0 aliphatic carbocycles. The standard InChI is InChI=1S/2C18H24N2.3C2H4Cl2.4CH3.2BrH.Hg.2Pt/c2*1-17(2,3)13-7-9-19-15(11-13)16-12-14(8-10-20-16)18(4,5)6;3*3-1-2-4;;;;;;;;;/h2*7-12H,1-6H3;3*1-2H2;4*1H3;2*1H;;;/q;;;;;4*-1;;;3*+2/p-2. The molecule has 0 N–H and O–H groups in total. The van der Waals surface area contributed by atoms with Gasteiger partial charge in [-0.3, -0.25) is 19.9 Å². The molecule has 61 heavy (non-hydrogen) atoms. The van der Waals surface area contributed by atoms with E-state index in [1.807, 2.05) is 24.8 Å². The van der Waals surface area contributed by atoms with Crippen molar-refractivity contribution >= 4 is 69.6 Å². The van der Waals surface area contributed by atoms with E-state index < -0.39 is 0 Å². The maximum Gasteiger partial charge on any atom is 2.00 e. The smallest absolute Gasteiger partial charge is 1.00 e. The molecule has 4 aromatic heterocycles. The Morgan fingerprint density at radius 3 is 0.574 bits per heavy atom. The molecule has 4 aromatic rings. The van der Waals surface area contributed by atoms with E-state index in [0.29, 0.717) is 35.3 Å². The molecule has 0 radical (unpaired) electrons. The van der Waals surface area contributed by atoms with Crippen molar-refractivity contribution in [2.24, 2.45) is 0 Å². The van der Waals surface area contributed by atoms with Crippen LogP contribution in [0.2, 0.25) is 0 Å². The average molecular weight is 1640 g/mol. The number of rotatable bonds is 5. The van der Waals surface area contributed by atoms with Gasteiger partial charge in [0.25, 0.3) is 0 Å². The van der Waals surface area contributed by atoms with E-state index in [2.05, 4.69) is 152 Å². The van der Waals surface area contributed by atoms with Crippen LogP contribution in [-0.2, 0) is 91.5 Å². The minimum atomic E-state index is 0. The van der Waals surface area contributed by atoms with Gasteiger partial charge in [-0.05, 0) is 92.4 Å². The Kier molecular flexibility index (Phi) is 62.1. The summed E-state index contributed by atoms with van der Waals surface area (Å²) in [6.45, 7) is 26.6. The molecule has 0 aliphatic heterocycles. The number of nitrogens with zero attached hydrogens (tertiary/aromatic N) is 4. The fourth-order valence-electron chi connectivity index (χ4n) is 4.15. The first-order valence-corrected chi connectivity index (χ1v) is 20.5. The van der Waals surface area contributed by atoms with Gasteiger partial charge in [-0.15, -0.1) is 69.6 Å². The summed E-state index contributed by atoms with van der Waals surface area (Å²) >= 11 is 30.3. The zero-order chi connectivity index (χ0) is 40.2. The molecule has 0 saturated heterocycles. The Balaban J connectivity index is -0.0000000754. The summed E-state index contributed by atoms with van der Waals surface area (Å²) in [4.78, 5) is 17.9. The third-order valence-electron chi connectivity index (χ3n) is 7.24. The number of hydrogen-bond donors (Lipinski definition) is 0. The van der Waals surface area contributed by atoms with Gasteiger partial charge in [0.1, 0.15) is 0 Å². The molecule has 0 unspecified atom stereocenters. The van der Waals surface area contributed by atoms with Crippen molar-refractivity contribution in [3.05, 3.63) is 125 Å². The number of alkyl halides is 6. The molecule has 0 atom stereocenters. The summed E-state index contributed by atoms with van der Waals surface area (Å²) in [5, 5.41) is 0. The van der Waals surface area contributed by atoms with E-state index in [1.54, 1.807) is 0 Å². The van der Waals surface area contributed by atoms with Crippen molar-refractivity contribution in [1.29, 1.82) is 0 Å². The predicted molar refractivity (Wildman–Crippen MR) is 260 cm³/mol. The Morgan fingerprint density at radius 2 is 0.475 bits per heavy atom. The molecule has 0 spiro atoms. The van der Waals surface area contributed by atoms with Crippen LogP contribution in [0, 0.1) is 29.7 Å². The summed E-state index contributed by atoms with van der Waals surface area (Å²) in [7, 11) is 0. The molecule has 0 amide bonds. The van der Waals surface area contributed by atoms with Crippen molar-refractivity contribution in [3.8, 4) is 22.8 Å². The van der Waals surface area contributed by atoms with Crippen molar-refractivity contribution < 1.29 is 104 Å². The number of aromatic nitrogens is 4. The normalized spacial score (nSPS) is 9.67. The SMILES string of the molecule is CC(C)(C)c1ccnc(-c2cc(C(C)(C)C)ccn2)c1.CC(C)(C)c1ccnc(-c2cc(C(C)(C)C)ccn2)c1.ClCCCl.ClCCCl.ClCCCl.[Br-].[Br-].[CH3-].[CH3-].[CH3-].[CH3-].[Hg+2].[Pt+2].[Pt+2]. The molecule has 0 fully saturated rings. The summed E-state index contributed by atoms with van der Waals surface area (Å²) in [5.41, 5.74) is 9.42. The zero-order valence-electron chi connectivity index (χ0n) is 39.3. The monoisotopic (exact) mass is 1640 g/mol. The van der Waals surface area contributed by atoms with E-state index >= 15 is 0 Å². The van der Waals surface area contributed by atoms with Crippen molar-refractivity contribution in [2.45, 2.75) is 105 Å². The quantitative estimate of drug-likeness (QED) is 0.114. The van der Waals surface area contributed by atoms with E-state index in [1.165, 1.54) is 22.3 Å². The topological polar surface area (TPSA) is 51.6 Å². The summed E-state index contributed by atoms with van der Waals surface area (Å²) in [6, 6.07) is 16.9. The number of hydrogen-bond acceptors (Lipinski definition) is 4. The fourth-order valence-corrected chi connectivity index (χ4v) is 4.15. The first kappa shape index (κ1) is 85.9. The second kappa shape index (κ2) is 44.1. The predicted octanol–water partition coefficient (Wildman–Crippen LogP) is 9.67. The molecule has 354 valence electrons. The van der Waals surface area contributed by atoms with Gasteiger partial charge in [-0.1, -0.05) is 83.1 Å². The molecule has 0 aliphatic rings. The largest absolute Gasteiger partial charge is 2.00 e. The van der Waals surface area contributed by atoms with Gasteiger partial charge in [-0.25, -0.2) is 0 Å². The van der Waals surface area contributed by atoms with Crippen LogP contribution in [0.5, 0.6) is 0 Å². The molecule has 0 saturated carbocycles. The van der Waals surface area contributed by atoms with Crippen LogP contribution in [0.1, 0.15) is 105 Å². The van der Waals surface area contributed by atoms with Crippen molar-refractivity contribution in [1.82, 2.24) is 19.9 Å². The van der Waals surface area contributed by atoms with Gasteiger partial charge in [0.05, 0.1) is 22.8 Å². The molecular formula is C46H72Br2Cl6HgN4Pt2. The maximum absolute atomic E-state index is 5.05. The minimum absolute atomic E-state index is 0. The van der Waals surface area contributed by atoms with E-state index in [0.717, 1.165) is 22.8 Å². The molecule has 4 heterocycles. The summed E-state index contributed by atoms with van der Waals surface area (Å²) in [5.74, 6) is 3.34. The van der Waals surface area contributed by atoms with Gasteiger partial charge >= 0.3 is 69.8 Å². The molecule has 15 heteroatoms. The average Bonchev–Trinajstić information content (AvgIpc) is 3.11. The van der Waals surface area contributed by atoms with Gasteiger partial charge in [-0.2, -0.15) is 0 Å². The van der Waals surface area contributed by atoms with Crippen molar-refractivity contribution in [3.63, 3.8) is 0 Å². The second-order valence-corrected chi connectivity index (χ2v) is 18.1. The first-order chi connectivity index (χ1) is 24.1. The van der Waals surface area contributed by atoms with E-state index in [9.17, 15) is 0 Å². The fraction of sp³-hybridized carbons (Fsp3) is 0.478. The Hall–Kier alpha value is 1.61. The van der Waals surface area contributed by atoms with Crippen LogP contribution in [-0.4, -0.2) is 55.2 Å². The van der Waals surface area contributed by atoms with Gasteiger partial charge < -0.3 is 63.7 Å². The summed E-state index contributed by atoms with van der Waals surface area (Å²) < 4.78 is 0. The third-order valence-corrected chi connectivity index (χ3v) is 8.96. The van der Waals surface area contributed by atoms with Crippen LogP contribution >= 0.6 is 69.6 Å². The molecular weight excluding hydrogens is 1570 g/mol. The van der Waals surface area contributed by atoms with Crippen LogP contribution in [0.25, 0.3) is 22.8 Å². The van der Waals surface area contributed by atoms with Crippen LogP contribution < -0.4 is 34.0 Å². The summed E-state index contributed by atoms with van der Waals surface area (Å²) in [6.07, 6.45) is 7.51. The number of pyridine rings is 4. The van der Waals surface area contributed by atoms with E-state index in [4.69, 9.17) is 69.6 Å². The molecule has 0 bridgehead atoms. The second-order valence-electron chi connectivity index (χ2n) is 15.9. The molecule has 4 nitrogen and oxygen atoms in total. The number of halogens is 8. The third kappa shape index (κ3) is 37.3. The van der Waals surface area contributed by atoms with Crippen LogP contribution in [0.4, 0.5) is 0 Å². The Bertz CT molecular complexity index is 1350. The zero-order valence-corrected chi connectivity index (χ0v) is 57.1. The first-order valence-electron chi connectivity index (χ1n) is 17.3. The van der Waals surface area contributed by atoms with Gasteiger partial charge in [0.15, 0.2) is 0 Å². The van der Waals surface area contributed by atoms with Crippen LogP contribution in [0.15, 0.2) is 73.3 Å². The van der Waals surface area contributed by atoms with E-state index in [-0.39, 0.29) is 155 Å². The minimum Gasteiger partial charge on any atom is -1.00 e. The maximum atomic E-state index is 5.05. The molecule has 0 aromatic carbocycles. The van der Waals surface area contributed by atoms with Gasteiger partial charge in [0, 0.05) is 60.1 Å². The molecule has 4 rings (SSSR count). The van der Waals surface area contributed by atoms with Gasteiger partial charge in [0.2, 0.25) is 0 Å². The van der Waals surface area contributed by atoms with Crippen molar-refractivity contribution in [2.75, 3.05) is 35.3 Å². The van der Waals surface area contributed by atoms with Crippen LogP contribution in [0.3, 0.4) is 0 Å². The Morgan fingerprint density at radius 1 is 0.344 bits per heavy atom. The Labute approximate surface area is 475 Å².